The van der Waals surface area contributed by atoms with Gasteiger partial charge in [-0.2, -0.15) is 0 Å². The van der Waals surface area contributed by atoms with Gasteiger partial charge in [0.1, 0.15) is 11.3 Å². The summed E-state index contributed by atoms with van der Waals surface area (Å²) in [5.41, 5.74) is 4.87. The maximum Gasteiger partial charge on any atom is 0.233 e. The molecule has 0 atom stereocenters. The van der Waals surface area contributed by atoms with Gasteiger partial charge in [-0.25, -0.2) is 4.98 Å². The minimum Gasteiger partial charge on any atom is -0.461 e. The molecule has 0 saturated heterocycles. The standard InChI is InChI=1S/C22H17N3O2S/c1-13-21(16-7-3-4-8-17(16)23-13)18-12-28-22(24-18)25-20(26)11-15-10-14-6-2-5-9-19(14)27-15/h2-10,12,23H,11H2,1H3,(H,24,25,26). The molecule has 0 unspecified atom stereocenters. The molecule has 5 nitrogen and oxygen atoms in total. The van der Waals surface area contributed by atoms with Crippen molar-refractivity contribution in [1.29, 1.82) is 0 Å². The summed E-state index contributed by atoms with van der Waals surface area (Å²) < 4.78 is 5.72. The third-order valence-corrected chi connectivity index (χ3v) is 5.47. The van der Waals surface area contributed by atoms with Gasteiger partial charge in [-0.15, -0.1) is 11.3 Å². The molecule has 0 fully saturated rings. The predicted octanol–water partition coefficient (Wildman–Crippen LogP) is 5.53. The first kappa shape index (κ1) is 16.8. The lowest BCUT2D eigenvalue weighted by molar-refractivity contribution is -0.115. The van der Waals surface area contributed by atoms with E-state index in [2.05, 4.69) is 21.4 Å². The molecule has 6 heteroatoms. The molecule has 5 aromatic rings. The van der Waals surface area contributed by atoms with Gasteiger partial charge in [-0.3, -0.25) is 4.79 Å². The number of H-pyrrole nitrogens is 1. The average molecular weight is 387 g/mol. The lowest BCUT2D eigenvalue weighted by Gasteiger charge is -2.00. The van der Waals surface area contributed by atoms with Crippen molar-refractivity contribution in [3.63, 3.8) is 0 Å². The lowest BCUT2D eigenvalue weighted by atomic mass is 10.1. The Morgan fingerprint density at radius 1 is 1.18 bits per heavy atom. The van der Waals surface area contributed by atoms with Crippen molar-refractivity contribution in [3.8, 4) is 11.3 Å². The molecule has 0 aliphatic heterocycles. The number of furan rings is 1. The fourth-order valence-electron chi connectivity index (χ4n) is 3.50. The van der Waals surface area contributed by atoms with Gasteiger partial charge in [0.15, 0.2) is 5.13 Å². The topological polar surface area (TPSA) is 70.9 Å². The number of aromatic amines is 1. The van der Waals surface area contributed by atoms with Crippen molar-refractivity contribution < 1.29 is 9.21 Å². The Morgan fingerprint density at radius 2 is 2.00 bits per heavy atom. The molecule has 0 radical (unpaired) electrons. The number of nitrogens with zero attached hydrogens (tertiary/aromatic N) is 1. The number of nitrogens with one attached hydrogen (secondary N) is 2. The van der Waals surface area contributed by atoms with Crippen LogP contribution in [0.25, 0.3) is 33.1 Å². The minimum absolute atomic E-state index is 0.143. The number of hydrogen-bond acceptors (Lipinski definition) is 4. The van der Waals surface area contributed by atoms with Crippen molar-refractivity contribution in [2.24, 2.45) is 0 Å². The number of thiazole rings is 1. The number of carbonyl (C=O) groups excluding carboxylic acids is 1. The molecule has 5 rings (SSSR count). The first-order valence-corrected chi connectivity index (χ1v) is 9.86. The molecule has 28 heavy (non-hydrogen) atoms. The molecule has 0 aliphatic rings. The molecule has 0 aliphatic carbocycles. The number of aromatic nitrogens is 2. The second-order valence-corrected chi connectivity index (χ2v) is 7.54. The number of rotatable bonds is 4. The zero-order valence-electron chi connectivity index (χ0n) is 15.2. The molecule has 3 aromatic heterocycles. The summed E-state index contributed by atoms with van der Waals surface area (Å²) in [5, 5.41) is 7.57. The molecule has 2 N–H and O–H groups in total. The van der Waals surface area contributed by atoms with Crippen molar-refractivity contribution in [2.75, 3.05) is 5.32 Å². The monoisotopic (exact) mass is 387 g/mol. The molecular weight excluding hydrogens is 370 g/mol. The first-order chi connectivity index (χ1) is 13.7. The van der Waals surface area contributed by atoms with Crippen molar-refractivity contribution in [1.82, 2.24) is 9.97 Å². The number of benzene rings is 2. The normalized spacial score (nSPS) is 11.3. The Morgan fingerprint density at radius 3 is 2.89 bits per heavy atom. The number of aryl methyl sites for hydroxylation is 1. The van der Waals surface area contributed by atoms with Gasteiger partial charge in [0.2, 0.25) is 5.91 Å². The number of amides is 1. The third kappa shape index (κ3) is 2.97. The Hall–Kier alpha value is -3.38. The Labute approximate surface area is 165 Å². The number of carbonyl (C=O) groups is 1. The summed E-state index contributed by atoms with van der Waals surface area (Å²) in [7, 11) is 0. The van der Waals surface area contributed by atoms with Gasteiger partial charge in [-0.05, 0) is 25.1 Å². The van der Waals surface area contributed by atoms with Gasteiger partial charge in [0, 0.05) is 32.9 Å². The number of anilines is 1. The van der Waals surface area contributed by atoms with Gasteiger partial charge in [0.05, 0.1) is 12.1 Å². The van der Waals surface area contributed by atoms with Crippen LogP contribution in [-0.4, -0.2) is 15.9 Å². The molecule has 0 spiro atoms. The second-order valence-electron chi connectivity index (χ2n) is 6.68. The molecule has 138 valence electrons. The quantitative estimate of drug-likeness (QED) is 0.426. The number of fused-ring (bicyclic) bond motifs is 2. The summed E-state index contributed by atoms with van der Waals surface area (Å²) in [5.74, 6) is 0.499. The van der Waals surface area contributed by atoms with Gasteiger partial charge in [0.25, 0.3) is 0 Å². The fraction of sp³-hybridized carbons (Fsp3) is 0.0909. The molecular formula is C22H17N3O2S. The van der Waals surface area contributed by atoms with E-state index >= 15 is 0 Å². The van der Waals surface area contributed by atoms with Crippen molar-refractivity contribution in [3.05, 3.63) is 71.4 Å². The van der Waals surface area contributed by atoms with Crippen LogP contribution in [0.3, 0.4) is 0 Å². The van der Waals surface area contributed by atoms with E-state index < -0.39 is 0 Å². The largest absolute Gasteiger partial charge is 0.461 e. The van der Waals surface area contributed by atoms with E-state index in [1.165, 1.54) is 11.3 Å². The van der Waals surface area contributed by atoms with E-state index in [-0.39, 0.29) is 12.3 Å². The summed E-state index contributed by atoms with van der Waals surface area (Å²) in [6.07, 6.45) is 0.176. The first-order valence-electron chi connectivity index (χ1n) is 8.98. The molecule has 1 amide bonds. The maximum atomic E-state index is 12.4. The summed E-state index contributed by atoms with van der Waals surface area (Å²) >= 11 is 1.42. The molecule has 3 heterocycles. The Balaban J connectivity index is 1.36. The van der Waals surface area contributed by atoms with Gasteiger partial charge < -0.3 is 14.7 Å². The van der Waals surface area contributed by atoms with Crippen LogP contribution in [0.4, 0.5) is 5.13 Å². The molecule has 2 aromatic carbocycles. The van der Waals surface area contributed by atoms with E-state index in [1.54, 1.807) is 0 Å². The second kappa shape index (κ2) is 6.65. The fourth-order valence-corrected chi connectivity index (χ4v) is 4.22. The SMILES string of the molecule is Cc1[nH]c2ccccc2c1-c1csc(NC(=O)Cc2cc3ccccc3o2)n1. The van der Waals surface area contributed by atoms with Crippen LogP contribution in [0.5, 0.6) is 0 Å². The lowest BCUT2D eigenvalue weighted by Crippen LogP contribution is -2.13. The minimum atomic E-state index is -0.143. The third-order valence-electron chi connectivity index (χ3n) is 4.71. The van der Waals surface area contributed by atoms with Crippen LogP contribution < -0.4 is 5.32 Å². The van der Waals surface area contributed by atoms with E-state index in [9.17, 15) is 4.79 Å². The van der Waals surface area contributed by atoms with Crippen LogP contribution in [0, 0.1) is 6.92 Å². The highest BCUT2D eigenvalue weighted by Gasteiger charge is 2.15. The van der Waals surface area contributed by atoms with E-state index in [1.807, 2.05) is 60.8 Å². The Bertz CT molecular complexity index is 1280. The summed E-state index contributed by atoms with van der Waals surface area (Å²) in [6, 6.07) is 17.8. The van der Waals surface area contributed by atoms with Gasteiger partial charge >= 0.3 is 0 Å². The van der Waals surface area contributed by atoms with Crippen LogP contribution in [0.2, 0.25) is 0 Å². The maximum absolute atomic E-state index is 12.4. The summed E-state index contributed by atoms with van der Waals surface area (Å²) in [4.78, 5) is 20.4. The van der Waals surface area contributed by atoms with Gasteiger partial charge in [-0.1, -0.05) is 36.4 Å². The van der Waals surface area contributed by atoms with E-state index in [0.29, 0.717) is 10.9 Å². The highest BCUT2D eigenvalue weighted by molar-refractivity contribution is 7.14. The number of para-hydroxylation sites is 2. The predicted molar refractivity (Wildman–Crippen MR) is 113 cm³/mol. The van der Waals surface area contributed by atoms with Crippen LogP contribution >= 0.6 is 11.3 Å². The van der Waals surface area contributed by atoms with Crippen LogP contribution in [-0.2, 0) is 11.2 Å². The van der Waals surface area contributed by atoms with E-state index in [0.717, 1.165) is 38.8 Å². The van der Waals surface area contributed by atoms with E-state index in [4.69, 9.17) is 4.42 Å². The smallest absolute Gasteiger partial charge is 0.233 e. The highest BCUT2D eigenvalue weighted by atomic mass is 32.1. The zero-order valence-corrected chi connectivity index (χ0v) is 16.0. The average Bonchev–Trinajstić information content (AvgIpc) is 3.37. The van der Waals surface area contributed by atoms with Crippen molar-refractivity contribution >= 4 is 44.2 Å². The summed E-state index contributed by atoms with van der Waals surface area (Å²) in [6.45, 7) is 2.04. The van der Waals surface area contributed by atoms with Crippen LogP contribution in [0.1, 0.15) is 11.5 Å². The molecule has 0 bridgehead atoms. The molecule has 0 saturated carbocycles. The zero-order chi connectivity index (χ0) is 19.1. The van der Waals surface area contributed by atoms with Crippen LogP contribution in [0.15, 0.2) is 64.4 Å². The van der Waals surface area contributed by atoms with Crippen molar-refractivity contribution in [2.45, 2.75) is 13.3 Å². The highest BCUT2D eigenvalue weighted by Crippen LogP contribution is 2.33. The Kier molecular flexibility index (Phi) is 3.98. The number of hydrogen-bond donors (Lipinski definition) is 2.